The Bertz CT molecular complexity index is 1330. The normalized spacial score (nSPS) is 11.5. The number of benzene rings is 3. The molecule has 39 heavy (non-hydrogen) atoms. The smallest absolute Gasteiger partial charge is 0.330 e. The van der Waals surface area contributed by atoms with Crippen LogP contribution in [0.5, 0.6) is 17.2 Å². The first kappa shape index (κ1) is 29.5. The van der Waals surface area contributed by atoms with Gasteiger partial charge in [0.2, 0.25) is 0 Å². The molecule has 0 spiro atoms. The van der Waals surface area contributed by atoms with Crippen molar-refractivity contribution in [3.63, 3.8) is 0 Å². The summed E-state index contributed by atoms with van der Waals surface area (Å²) in [4.78, 5) is 11.4. The van der Waals surface area contributed by atoms with Crippen molar-refractivity contribution in [3.8, 4) is 34.4 Å². The second kappa shape index (κ2) is 13.2. The van der Waals surface area contributed by atoms with Crippen LogP contribution in [-0.2, 0) is 15.6 Å². The highest BCUT2D eigenvalue weighted by Gasteiger charge is 2.44. The molecule has 0 aromatic heterocycles. The standard InChI is InChI=1S/C32H37NO5Si/c1-22(2)39(23(3)4,21-25-10-8-24(9-11-25)12-17-32(34)37-7)38-28-15-13-26(14-16-28)29-19-31(36-6)30(35-5)18-27(29)20-33/h8-19,22-23H,21H2,1-7H3/b17-12+. The molecule has 0 aliphatic rings. The van der Waals surface area contributed by atoms with Crippen LogP contribution >= 0.6 is 0 Å². The molecule has 6 nitrogen and oxygen atoms in total. The Morgan fingerprint density at radius 2 is 1.49 bits per heavy atom. The number of esters is 1. The maximum atomic E-state index is 11.4. The van der Waals surface area contributed by atoms with Gasteiger partial charge in [0.05, 0.1) is 33.0 Å². The van der Waals surface area contributed by atoms with Crippen LogP contribution in [-0.4, -0.2) is 35.6 Å². The summed E-state index contributed by atoms with van der Waals surface area (Å²) < 4.78 is 22.4. The number of hydrogen-bond donors (Lipinski definition) is 0. The molecule has 0 heterocycles. The van der Waals surface area contributed by atoms with Gasteiger partial charge in [-0.2, -0.15) is 5.26 Å². The molecular formula is C32H37NO5Si. The van der Waals surface area contributed by atoms with Crippen LogP contribution in [0.25, 0.3) is 17.2 Å². The second-order valence-electron chi connectivity index (χ2n) is 10.0. The van der Waals surface area contributed by atoms with Gasteiger partial charge in [-0.3, -0.25) is 0 Å². The molecule has 3 rings (SSSR count). The Balaban J connectivity index is 1.89. The maximum Gasteiger partial charge on any atom is 0.330 e. The van der Waals surface area contributed by atoms with Gasteiger partial charge in [0.25, 0.3) is 8.32 Å². The van der Waals surface area contributed by atoms with E-state index in [4.69, 9.17) is 13.9 Å². The average Bonchev–Trinajstić information content (AvgIpc) is 2.95. The van der Waals surface area contributed by atoms with Gasteiger partial charge in [0.15, 0.2) is 11.5 Å². The van der Waals surface area contributed by atoms with E-state index in [0.29, 0.717) is 28.1 Å². The SMILES string of the molecule is COC(=O)/C=C/c1ccc(C[Si](Oc2ccc(-c3cc(OC)c(OC)cc3C#N)cc2)(C(C)C)C(C)C)cc1. The summed E-state index contributed by atoms with van der Waals surface area (Å²) in [6.07, 6.45) is 3.17. The van der Waals surface area contributed by atoms with E-state index in [1.54, 1.807) is 26.4 Å². The van der Waals surface area contributed by atoms with Crippen LogP contribution < -0.4 is 13.9 Å². The zero-order chi connectivity index (χ0) is 28.6. The highest BCUT2D eigenvalue weighted by Crippen LogP contribution is 2.39. The molecular weight excluding hydrogens is 506 g/mol. The van der Waals surface area contributed by atoms with Gasteiger partial charge in [-0.15, -0.1) is 0 Å². The number of nitrogens with zero attached hydrogens (tertiary/aromatic N) is 1. The van der Waals surface area contributed by atoms with E-state index >= 15 is 0 Å². The van der Waals surface area contributed by atoms with E-state index in [1.807, 2.05) is 42.5 Å². The lowest BCUT2D eigenvalue weighted by molar-refractivity contribution is -0.134. The summed E-state index contributed by atoms with van der Waals surface area (Å²) in [7, 11) is 2.19. The van der Waals surface area contributed by atoms with Crippen molar-refractivity contribution in [1.82, 2.24) is 0 Å². The number of nitriles is 1. The Kier molecular flexibility index (Phi) is 9.97. The van der Waals surface area contributed by atoms with Crippen LogP contribution in [0.15, 0.2) is 66.7 Å². The topological polar surface area (TPSA) is 77.8 Å². The van der Waals surface area contributed by atoms with Crippen molar-refractivity contribution in [2.24, 2.45) is 0 Å². The van der Waals surface area contributed by atoms with Crippen LogP contribution in [0.1, 0.15) is 44.4 Å². The lowest BCUT2D eigenvalue weighted by Crippen LogP contribution is -2.50. The molecule has 0 N–H and O–H groups in total. The molecule has 0 saturated heterocycles. The van der Waals surface area contributed by atoms with E-state index in [1.165, 1.54) is 18.7 Å². The maximum absolute atomic E-state index is 11.4. The molecule has 0 fully saturated rings. The van der Waals surface area contributed by atoms with Crippen molar-refractivity contribution in [2.45, 2.75) is 44.8 Å². The summed E-state index contributed by atoms with van der Waals surface area (Å²) in [5, 5.41) is 9.73. The number of methoxy groups -OCH3 is 3. The molecule has 3 aromatic carbocycles. The predicted octanol–water partition coefficient (Wildman–Crippen LogP) is 7.35. The van der Waals surface area contributed by atoms with Crippen LogP contribution in [0, 0.1) is 11.3 Å². The van der Waals surface area contributed by atoms with Crippen molar-refractivity contribution in [1.29, 1.82) is 5.26 Å². The number of ether oxygens (including phenoxy) is 3. The Labute approximate surface area is 232 Å². The fourth-order valence-electron chi connectivity index (χ4n) is 4.78. The lowest BCUT2D eigenvalue weighted by Gasteiger charge is -2.39. The monoisotopic (exact) mass is 543 g/mol. The van der Waals surface area contributed by atoms with Crippen LogP contribution in [0.3, 0.4) is 0 Å². The molecule has 0 radical (unpaired) electrons. The Hall–Kier alpha value is -4.02. The first-order valence-corrected chi connectivity index (χ1v) is 15.2. The first-order chi connectivity index (χ1) is 18.7. The second-order valence-corrected chi connectivity index (χ2v) is 14.8. The third-order valence-electron chi connectivity index (χ3n) is 7.15. The van der Waals surface area contributed by atoms with Gasteiger partial charge in [0.1, 0.15) is 5.75 Å². The summed E-state index contributed by atoms with van der Waals surface area (Å²) in [6, 6.07) is 22.8. The molecule has 0 saturated carbocycles. The van der Waals surface area contributed by atoms with Gasteiger partial charge >= 0.3 is 5.97 Å². The minimum Gasteiger partial charge on any atom is -0.543 e. The predicted molar refractivity (Wildman–Crippen MR) is 157 cm³/mol. The van der Waals surface area contributed by atoms with Gasteiger partial charge in [-0.1, -0.05) is 64.1 Å². The Morgan fingerprint density at radius 3 is 2.00 bits per heavy atom. The van der Waals surface area contributed by atoms with Crippen molar-refractivity contribution in [3.05, 3.63) is 83.4 Å². The third kappa shape index (κ3) is 6.90. The molecule has 204 valence electrons. The summed E-state index contributed by atoms with van der Waals surface area (Å²) in [5.74, 6) is 1.54. The average molecular weight is 544 g/mol. The molecule has 0 aliphatic carbocycles. The lowest BCUT2D eigenvalue weighted by atomic mass is 9.99. The molecule has 0 bridgehead atoms. The minimum atomic E-state index is -2.31. The largest absolute Gasteiger partial charge is 0.543 e. The fraction of sp³-hybridized carbons (Fsp3) is 0.312. The fourth-order valence-corrected chi connectivity index (χ4v) is 8.92. The summed E-state index contributed by atoms with van der Waals surface area (Å²) in [6.45, 7) is 8.99. The quantitative estimate of drug-likeness (QED) is 0.143. The Morgan fingerprint density at radius 1 is 0.897 bits per heavy atom. The van der Waals surface area contributed by atoms with Gasteiger partial charge in [0, 0.05) is 23.7 Å². The zero-order valence-electron chi connectivity index (χ0n) is 23.8. The van der Waals surface area contributed by atoms with Crippen molar-refractivity contribution in [2.75, 3.05) is 21.3 Å². The van der Waals surface area contributed by atoms with Gasteiger partial charge < -0.3 is 18.6 Å². The summed E-state index contributed by atoms with van der Waals surface area (Å²) in [5.41, 5.74) is 5.07. The highest BCUT2D eigenvalue weighted by molar-refractivity contribution is 6.76. The van der Waals surface area contributed by atoms with Gasteiger partial charge in [-0.25, -0.2) is 4.79 Å². The minimum absolute atomic E-state index is 0.368. The number of rotatable bonds is 11. The van der Waals surface area contributed by atoms with E-state index < -0.39 is 8.32 Å². The molecule has 0 atom stereocenters. The number of carbonyl (C=O) groups excluding carboxylic acids is 1. The van der Waals surface area contributed by atoms with Crippen LogP contribution in [0.4, 0.5) is 0 Å². The van der Waals surface area contributed by atoms with E-state index in [0.717, 1.165) is 28.5 Å². The molecule has 3 aromatic rings. The van der Waals surface area contributed by atoms with Crippen LogP contribution in [0.2, 0.25) is 11.1 Å². The van der Waals surface area contributed by atoms with E-state index in [-0.39, 0.29) is 5.97 Å². The summed E-state index contributed by atoms with van der Waals surface area (Å²) >= 11 is 0. The molecule has 0 aliphatic heterocycles. The first-order valence-electron chi connectivity index (χ1n) is 13.0. The number of carbonyl (C=O) groups is 1. The van der Waals surface area contributed by atoms with Crippen molar-refractivity contribution < 1.29 is 23.4 Å². The van der Waals surface area contributed by atoms with E-state index in [9.17, 15) is 10.1 Å². The number of hydrogen-bond acceptors (Lipinski definition) is 6. The third-order valence-corrected chi connectivity index (χ3v) is 12.6. The highest BCUT2D eigenvalue weighted by atomic mass is 28.4. The molecule has 0 amide bonds. The zero-order valence-corrected chi connectivity index (χ0v) is 24.8. The van der Waals surface area contributed by atoms with E-state index in [2.05, 4.69) is 50.6 Å². The molecule has 0 unspecified atom stereocenters. The van der Waals surface area contributed by atoms with Crippen molar-refractivity contribution >= 4 is 20.4 Å². The van der Waals surface area contributed by atoms with Gasteiger partial charge in [-0.05, 0) is 52.0 Å². The molecule has 7 heteroatoms.